The molecule has 6 nitrogen and oxygen atoms in total. The number of aryl methyl sites for hydroxylation is 1. The molecule has 1 N–H and O–H groups in total. The Morgan fingerprint density at radius 2 is 1.89 bits per heavy atom. The molecule has 0 aliphatic heterocycles. The van der Waals surface area contributed by atoms with Gasteiger partial charge < -0.3 is 0 Å². The van der Waals surface area contributed by atoms with E-state index in [1.54, 1.807) is 0 Å². The summed E-state index contributed by atoms with van der Waals surface area (Å²) < 4.78 is 26.9. The lowest BCUT2D eigenvalue weighted by atomic mass is 10.2. The van der Waals surface area contributed by atoms with Crippen molar-refractivity contribution in [3.05, 3.63) is 59.1 Å². The summed E-state index contributed by atoms with van der Waals surface area (Å²) in [5.41, 5.74) is 2.97. The number of hydrogen-bond donors (Lipinski definition) is 1. The van der Waals surface area contributed by atoms with Gasteiger partial charge in [0.25, 0.3) is 0 Å². The molecule has 0 fully saturated rings. The highest BCUT2D eigenvalue weighted by Gasteiger charge is 2.16. The Hall–Kier alpha value is -1.87. The first-order valence-electron chi connectivity index (χ1n) is 8.19. The molecule has 0 unspecified atom stereocenters. The van der Waals surface area contributed by atoms with Crippen molar-refractivity contribution in [3.8, 4) is 17.1 Å². The molecule has 3 aromatic rings. The zero-order valence-corrected chi connectivity index (χ0v) is 17.3. The fourth-order valence-corrected chi connectivity index (χ4v) is 4.05. The molecule has 0 aliphatic rings. The molecule has 0 atom stereocenters. The minimum Gasteiger partial charge on any atom is -0.270 e. The lowest BCUT2D eigenvalue weighted by Gasteiger charge is -2.11. The predicted octanol–water partition coefficient (Wildman–Crippen LogP) is 3.54. The Kier molecular flexibility index (Phi) is 6.21. The first kappa shape index (κ1) is 19.9. The number of nitrogens with zero attached hydrogens (tertiary/aromatic N) is 3. The Balaban J connectivity index is 1.95. The summed E-state index contributed by atoms with van der Waals surface area (Å²) in [6.45, 7) is 2.35. The molecule has 0 bridgehead atoms. The number of aromatic nitrogens is 3. The highest BCUT2D eigenvalue weighted by Crippen LogP contribution is 2.28. The molecule has 1 aromatic heterocycles. The van der Waals surface area contributed by atoms with E-state index in [0.717, 1.165) is 23.1 Å². The van der Waals surface area contributed by atoms with Crippen molar-refractivity contribution in [2.75, 3.05) is 18.6 Å². The second-order valence-corrected chi connectivity index (χ2v) is 9.33. The quantitative estimate of drug-likeness (QED) is 0.465. The van der Waals surface area contributed by atoms with Gasteiger partial charge in [0, 0.05) is 28.6 Å². The molecular formula is C18H19ClN4O2S2. The molecule has 2 aromatic carbocycles. The number of nitrogens with one attached hydrogen (secondary N) is 1. The van der Waals surface area contributed by atoms with Gasteiger partial charge >= 0.3 is 0 Å². The van der Waals surface area contributed by atoms with E-state index in [9.17, 15) is 8.42 Å². The van der Waals surface area contributed by atoms with Crippen LogP contribution in [0.4, 0.5) is 0 Å². The molecule has 0 radical (unpaired) electrons. The van der Waals surface area contributed by atoms with Gasteiger partial charge in [0.2, 0.25) is 10.0 Å². The van der Waals surface area contributed by atoms with Gasteiger partial charge in [0.1, 0.15) is 0 Å². The summed E-state index contributed by atoms with van der Waals surface area (Å²) in [4.78, 5) is 0. The summed E-state index contributed by atoms with van der Waals surface area (Å²) in [5.74, 6) is 1.24. The highest BCUT2D eigenvalue weighted by atomic mass is 35.5. The van der Waals surface area contributed by atoms with Crippen LogP contribution in [0.1, 0.15) is 5.56 Å². The van der Waals surface area contributed by atoms with Crippen LogP contribution in [0.2, 0.25) is 5.02 Å². The number of rotatable bonds is 7. The summed E-state index contributed by atoms with van der Waals surface area (Å²) in [6, 6.07) is 15.5. The molecule has 9 heteroatoms. The van der Waals surface area contributed by atoms with E-state index >= 15 is 0 Å². The van der Waals surface area contributed by atoms with Crippen molar-refractivity contribution in [2.24, 2.45) is 0 Å². The van der Waals surface area contributed by atoms with E-state index in [1.165, 1.54) is 11.8 Å². The van der Waals surface area contributed by atoms with Gasteiger partial charge in [-0.05, 0) is 48.9 Å². The molecular weight excluding hydrogens is 404 g/mol. The Bertz CT molecular complexity index is 1030. The first-order chi connectivity index (χ1) is 12.8. The van der Waals surface area contributed by atoms with Crippen LogP contribution in [-0.4, -0.2) is 41.7 Å². The maximum atomic E-state index is 11.2. The second kappa shape index (κ2) is 8.43. The highest BCUT2D eigenvalue weighted by molar-refractivity contribution is 7.99. The number of thioether (sulfide) groups is 1. The number of hydrogen-bond acceptors (Lipinski definition) is 5. The van der Waals surface area contributed by atoms with Crippen molar-refractivity contribution in [2.45, 2.75) is 12.1 Å². The van der Waals surface area contributed by atoms with E-state index in [4.69, 9.17) is 11.6 Å². The largest absolute Gasteiger partial charge is 0.270 e. The molecule has 0 spiro atoms. The molecule has 1 heterocycles. The summed E-state index contributed by atoms with van der Waals surface area (Å²) >= 11 is 7.44. The standard InChI is InChI=1S/C18H19ClN4O2S2/c1-13-4-3-5-16(12-13)23-17(14-6-8-15(19)9-7-14)21-22-18(23)26-11-10-20-27(2,24)25/h3-9,12,20H,10-11H2,1-2H3. The van der Waals surface area contributed by atoms with Gasteiger partial charge in [0.05, 0.1) is 6.26 Å². The van der Waals surface area contributed by atoms with E-state index in [0.29, 0.717) is 28.3 Å². The van der Waals surface area contributed by atoms with Crippen LogP contribution in [0.3, 0.4) is 0 Å². The van der Waals surface area contributed by atoms with Gasteiger partial charge in [-0.3, -0.25) is 4.57 Å². The SMILES string of the molecule is Cc1cccc(-n2c(SCCNS(C)(=O)=O)nnc2-c2ccc(Cl)cc2)c1. The minimum atomic E-state index is -3.21. The topological polar surface area (TPSA) is 76.9 Å². The third kappa shape index (κ3) is 5.32. The van der Waals surface area contributed by atoms with Gasteiger partial charge in [-0.2, -0.15) is 0 Å². The van der Waals surface area contributed by atoms with Crippen LogP contribution in [0.5, 0.6) is 0 Å². The molecule has 0 saturated carbocycles. The molecule has 0 amide bonds. The predicted molar refractivity (Wildman–Crippen MR) is 110 cm³/mol. The van der Waals surface area contributed by atoms with Crippen molar-refractivity contribution in [3.63, 3.8) is 0 Å². The number of halogens is 1. The Labute approximate surface area is 168 Å². The average molecular weight is 423 g/mol. The van der Waals surface area contributed by atoms with Crippen LogP contribution in [0.25, 0.3) is 17.1 Å². The summed E-state index contributed by atoms with van der Waals surface area (Å²) in [5, 5.41) is 10.0. The van der Waals surface area contributed by atoms with Crippen LogP contribution >= 0.6 is 23.4 Å². The van der Waals surface area contributed by atoms with Crippen LogP contribution in [0.15, 0.2) is 53.7 Å². The lowest BCUT2D eigenvalue weighted by Crippen LogP contribution is -2.24. The van der Waals surface area contributed by atoms with E-state index < -0.39 is 10.0 Å². The normalized spacial score (nSPS) is 11.7. The monoisotopic (exact) mass is 422 g/mol. The lowest BCUT2D eigenvalue weighted by molar-refractivity contribution is 0.590. The van der Waals surface area contributed by atoms with Crippen molar-refractivity contribution in [1.82, 2.24) is 19.5 Å². The van der Waals surface area contributed by atoms with Gasteiger partial charge in [-0.25, -0.2) is 13.1 Å². The van der Waals surface area contributed by atoms with Gasteiger partial charge in [-0.1, -0.05) is 35.5 Å². The third-order valence-corrected chi connectivity index (χ3v) is 5.60. The van der Waals surface area contributed by atoms with E-state index in [2.05, 4.69) is 21.0 Å². The summed E-state index contributed by atoms with van der Waals surface area (Å²) in [7, 11) is -3.21. The number of sulfonamides is 1. The zero-order chi connectivity index (χ0) is 19.4. The Morgan fingerprint density at radius 3 is 2.56 bits per heavy atom. The fraction of sp³-hybridized carbons (Fsp3) is 0.222. The molecule has 3 rings (SSSR count). The second-order valence-electron chi connectivity index (χ2n) is 6.00. The van der Waals surface area contributed by atoms with Crippen molar-refractivity contribution in [1.29, 1.82) is 0 Å². The maximum Gasteiger partial charge on any atom is 0.208 e. The average Bonchev–Trinajstić information content (AvgIpc) is 3.02. The van der Waals surface area contributed by atoms with Gasteiger partial charge in [0.15, 0.2) is 11.0 Å². The smallest absolute Gasteiger partial charge is 0.208 e. The molecule has 142 valence electrons. The van der Waals surface area contributed by atoms with Crippen LogP contribution in [-0.2, 0) is 10.0 Å². The Morgan fingerprint density at radius 1 is 1.15 bits per heavy atom. The number of benzene rings is 2. The van der Waals surface area contributed by atoms with Crippen LogP contribution < -0.4 is 4.72 Å². The molecule has 0 saturated heterocycles. The van der Waals surface area contributed by atoms with E-state index in [-0.39, 0.29) is 0 Å². The van der Waals surface area contributed by atoms with E-state index in [1.807, 2.05) is 54.0 Å². The maximum absolute atomic E-state index is 11.2. The van der Waals surface area contributed by atoms with Crippen molar-refractivity contribution >= 4 is 33.4 Å². The zero-order valence-electron chi connectivity index (χ0n) is 14.9. The van der Waals surface area contributed by atoms with Gasteiger partial charge in [-0.15, -0.1) is 10.2 Å². The minimum absolute atomic E-state index is 0.320. The van der Waals surface area contributed by atoms with Crippen LogP contribution in [0, 0.1) is 6.92 Å². The third-order valence-electron chi connectivity index (χ3n) is 3.69. The first-order valence-corrected chi connectivity index (χ1v) is 11.4. The summed E-state index contributed by atoms with van der Waals surface area (Å²) in [6.07, 6.45) is 1.14. The molecule has 27 heavy (non-hydrogen) atoms. The van der Waals surface area contributed by atoms with Crippen molar-refractivity contribution < 1.29 is 8.42 Å². The fourth-order valence-electron chi connectivity index (χ4n) is 2.52. The molecule has 0 aliphatic carbocycles.